The molecule has 0 radical (unpaired) electrons. The van der Waals surface area contributed by atoms with Crippen molar-refractivity contribution in [2.24, 2.45) is 11.7 Å². The minimum Gasteiger partial charge on any atom is -0.366 e. The van der Waals surface area contributed by atoms with Crippen LogP contribution in [-0.2, 0) is 19.2 Å². The number of alkyl halides is 4. The molecule has 0 spiro atoms. The molecule has 0 bridgehead atoms. The number of anilines is 1. The van der Waals surface area contributed by atoms with Gasteiger partial charge in [0.15, 0.2) is 0 Å². The van der Waals surface area contributed by atoms with E-state index in [0.29, 0.717) is 37.1 Å². The second-order valence-electron chi connectivity index (χ2n) is 8.90. The van der Waals surface area contributed by atoms with Crippen molar-refractivity contribution in [1.29, 1.82) is 0 Å². The number of benzene rings is 1. The second-order valence-corrected chi connectivity index (χ2v) is 9.43. The van der Waals surface area contributed by atoms with Crippen LogP contribution in [0, 0.1) is 5.92 Å². The van der Waals surface area contributed by atoms with Crippen molar-refractivity contribution < 1.29 is 37.1 Å². The molecule has 1 aliphatic heterocycles. The molecule has 1 saturated carbocycles. The van der Waals surface area contributed by atoms with E-state index in [9.17, 15) is 37.1 Å². The van der Waals surface area contributed by atoms with Gasteiger partial charge in [0.05, 0.1) is 6.42 Å². The average Bonchev–Trinajstić information content (AvgIpc) is 3.62. The number of halogens is 4. The van der Waals surface area contributed by atoms with Crippen LogP contribution in [0.5, 0.6) is 0 Å². The van der Waals surface area contributed by atoms with Crippen molar-refractivity contribution in [2.75, 3.05) is 11.4 Å². The Labute approximate surface area is 209 Å². The van der Waals surface area contributed by atoms with E-state index in [2.05, 4.69) is 10.6 Å². The first-order valence-electron chi connectivity index (χ1n) is 11.4. The summed E-state index contributed by atoms with van der Waals surface area (Å²) in [6, 6.07) is 3.17. The molecular formula is C23H26ClF3N4O5. The largest absolute Gasteiger partial charge is 0.391 e. The number of carbonyl (C=O) groups is 5. The van der Waals surface area contributed by atoms with Crippen molar-refractivity contribution in [3.8, 4) is 0 Å². The highest BCUT2D eigenvalue weighted by atomic mass is 35.5. The van der Waals surface area contributed by atoms with Crippen LogP contribution in [0.25, 0.3) is 0 Å². The highest BCUT2D eigenvalue weighted by Crippen LogP contribution is 2.31. The lowest BCUT2D eigenvalue weighted by molar-refractivity contribution is -0.143. The maximum atomic E-state index is 13.3. The Balaban J connectivity index is 2.06. The van der Waals surface area contributed by atoms with Gasteiger partial charge >= 0.3 is 6.18 Å². The van der Waals surface area contributed by atoms with Gasteiger partial charge in [-0.05, 0) is 50.3 Å². The number of ketones is 1. The van der Waals surface area contributed by atoms with E-state index >= 15 is 0 Å². The number of hydrogen-bond acceptors (Lipinski definition) is 5. The third-order valence-electron chi connectivity index (χ3n) is 5.98. The van der Waals surface area contributed by atoms with Crippen molar-refractivity contribution >= 4 is 46.7 Å². The predicted octanol–water partition coefficient (Wildman–Crippen LogP) is 1.81. The minimum atomic E-state index is -4.80. The van der Waals surface area contributed by atoms with Crippen LogP contribution in [0.3, 0.4) is 0 Å². The van der Waals surface area contributed by atoms with Crippen LogP contribution >= 0.6 is 11.6 Å². The zero-order valence-electron chi connectivity index (χ0n) is 19.1. The van der Waals surface area contributed by atoms with Gasteiger partial charge in [-0.3, -0.25) is 24.0 Å². The highest BCUT2D eigenvalue weighted by molar-refractivity contribution is 6.40. The number of rotatable bonds is 10. The van der Waals surface area contributed by atoms with Crippen LogP contribution in [0.15, 0.2) is 24.3 Å². The van der Waals surface area contributed by atoms with Gasteiger partial charge in [0.1, 0.15) is 11.4 Å². The molecule has 2 aliphatic rings. The van der Waals surface area contributed by atoms with Crippen molar-refractivity contribution in [1.82, 2.24) is 10.6 Å². The molecule has 1 saturated heterocycles. The highest BCUT2D eigenvalue weighted by Gasteiger charge is 2.43. The first-order valence-corrected chi connectivity index (χ1v) is 11.9. The lowest BCUT2D eigenvalue weighted by Gasteiger charge is -2.35. The SMILES string of the molecule is NC(=O)c1cccc(N(C(=O)C(Cl)CC(F)(F)F)[C@@H](C[C@@H]2CCCNC2=O)C(=O)C(=O)NC2CC2)c1. The zero-order chi connectivity index (χ0) is 26.6. The first kappa shape index (κ1) is 27.4. The summed E-state index contributed by atoms with van der Waals surface area (Å²) in [5.74, 6) is -5.50. The van der Waals surface area contributed by atoms with Gasteiger partial charge in [-0.15, -0.1) is 11.6 Å². The van der Waals surface area contributed by atoms with Gasteiger partial charge in [0.2, 0.25) is 23.5 Å². The van der Waals surface area contributed by atoms with Crippen LogP contribution < -0.4 is 21.3 Å². The third-order valence-corrected chi connectivity index (χ3v) is 6.32. The molecule has 1 heterocycles. The van der Waals surface area contributed by atoms with Crippen LogP contribution in [0.2, 0.25) is 0 Å². The zero-order valence-corrected chi connectivity index (χ0v) is 19.9. The Morgan fingerprint density at radius 1 is 1.19 bits per heavy atom. The van der Waals surface area contributed by atoms with Gasteiger partial charge in [-0.1, -0.05) is 6.07 Å². The summed E-state index contributed by atoms with van der Waals surface area (Å²) in [7, 11) is 0. The molecule has 1 aromatic rings. The molecular weight excluding hydrogens is 505 g/mol. The van der Waals surface area contributed by atoms with Gasteiger partial charge in [-0.25, -0.2) is 0 Å². The van der Waals surface area contributed by atoms with Gasteiger partial charge < -0.3 is 21.3 Å². The summed E-state index contributed by atoms with van der Waals surface area (Å²) in [6.07, 6.45) is -4.59. The molecule has 0 aromatic heterocycles. The maximum Gasteiger partial charge on any atom is 0.391 e. The van der Waals surface area contributed by atoms with Gasteiger partial charge in [-0.2, -0.15) is 13.2 Å². The number of nitrogens with two attached hydrogens (primary N) is 1. The second kappa shape index (κ2) is 11.3. The number of nitrogens with one attached hydrogen (secondary N) is 2. The van der Waals surface area contributed by atoms with E-state index in [1.165, 1.54) is 18.2 Å². The summed E-state index contributed by atoms with van der Waals surface area (Å²) < 4.78 is 39.2. The molecule has 36 heavy (non-hydrogen) atoms. The molecule has 2 fully saturated rings. The monoisotopic (exact) mass is 530 g/mol. The fourth-order valence-corrected chi connectivity index (χ4v) is 4.29. The van der Waals surface area contributed by atoms with Crippen LogP contribution in [-0.4, -0.2) is 59.6 Å². The fraction of sp³-hybridized carbons (Fsp3) is 0.522. The molecule has 13 heteroatoms. The van der Waals surface area contributed by atoms with Crippen molar-refractivity contribution in [3.05, 3.63) is 29.8 Å². The van der Waals surface area contributed by atoms with E-state index < -0.39 is 59.3 Å². The number of nitrogens with zero attached hydrogens (tertiary/aromatic N) is 1. The number of amides is 4. The Morgan fingerprint density at radius 2 is 1.89 bits per heavy atom. The average molecular weight is 531 g/mol. The predicted molar refractivity (Wildman–Crippen MR) is 123 cm³/mol. The van der Waals surface area contributed by atoms with Crippen molar-refractivity contribution in [2.45, 2.75) is 62.2 Å². The molecule has 3 rings (SSSR count). The van der Waals surface area contributed by atoms with Gasteiger partial charge in [0.25, 0.3) is 5.91 Å². The molecule has 196 valence electrons. The smallest absolute Gasteiger partial charge is 0.366 e. The van der Waals surface area contributed by atoms with E-state index in [4.69, 9.17) is 17.3 Å². The number of piperidine rings is 1. The molecule has 1 aliphatic carbocycles. The van der Waals surface area contributed by atoms with E-state index in [0.717, 1.165) is 6.07 Å². The lowest BCUT2D eigenvalue weighted by atomic mass is 9.88. The Kier molecular flexibility index (Phi) is 8.59. The van der Waals surface area contributed by atoms with E-state index in [-0.39, 0.29) is 23.7 Å². The fourth-order valence-electron chi connectivity index (χ4n) is 4.01. The molecule has 3 atom stereocenters. The summed E-state index contributed by atoms with van der Waals surface area (Å²) >= 11 is 5.86. The van der Waals surface area contributed by atoms with Gasteiger partial charge in [0, 0.05) is 29.8 Å². The molecule has 9 nitrogen and oxygen atoms in total. The number of carbonyl (C=O) groups excluding carboxylic acids is 5. The Bertz CT molecular complexity index is 1050. The Hall–Kier alpha value is -3.15. The quantitative estimate of drug-likeness (QED) is 0.313. The van der Waals surface area contributed by atoms with Crippen LogP contribution in [0.1, 0.15) is 48.9 Å². The maximum absolute atomic E-state index is 13.3. The Morgan fingerprint density at radius 3 is 2.47 bits per heavy atom. The van der Waals surface area contributed by atoms with Crippen LogP contribution in [0.4, 0.5) is 18.9 Å². The number of primary amides is 1. The summed E-state index contributed by atoms with van der Waals surface area (Å²) in [4.78, 5) is 64.2. The molecule has 1 aromatic carbocycles. The number of hydrogen-bond donors (Lipinski definition) is 3. The minimum absolute atomic E-state index is 0.0868. The van der Waals surface area contributed by atoms with E-state index in [1.54, 1.807) is 0 Å². The van der Waals surface area contributed by atoms with Crippen molar-refractivity contribution in [3.63, 3.8) is 0 Å². The van der Waals surface area contributed by atoms with E-state index in [1.807, 2.05) is 0 Å². The topological polar surface area (TPSA) is 139 Å². The normalized spacial score (nSPS) is 19.6. The summed E-state index contributed by atoms with van der Waals surface area (Å²) in [5, 5.41) is 3.02. The first-order chi connectivity index (χ1) is 16.9. The summed E-state index contributed by atoms with van der Waals surface area (Å²) in [5.41, 5.74) is 5.07. The molecule has 1 unspecified atom stereocenters. The molecule has 4 N–H and O–H groups in total. The standard InChI is InChI=1S/C23H26ClF3N4O5/c24-16(11-23(25,26)27)22(36)31(15-5-1-3-12(9-15)19(28)33)17(10-13-4-2-8-29-20(13)34)18(32)21(35)30-14-6-7-14/h1,3,5,9,13-14,16-17H,2,4,6-8,10-11H2,(H2,28,33)(H,29,34)(H,30,35)/t13-,16?,17-/m0/s1. The number of Topliss-reactive ketones (excluding diaryl/α,β-unsaturated/α-hetero) is 1. The summed E-state index contributed by atoms with van der Waals surface area (Å²) in [6.45, 7) is 0.411. The lowest BCUT2D eigenvalue weighted by Crippen LogP contribution is -2.55. The molecule has 4 amide bonds. The third kappa shape index (κ3) is 7.19.